The fourth-order valence-corrected chi connectivity index (χ4v) is 6.47. The van der Waals surface area contributed by atoms with Crippen LogP contribution in [0.25, 0.3) is 0 Å². The maximum Gasteiger partial charge on any atom is 0.191 e. The van der Waals surface area contributed by atoms with Crippen LogP contribution in [0.2, 0.25) is 5.02 Å². The van der Waals surface area contributed by atoms with Gasteiger partial charge in [0, 0.05) is 42.2 Å². The summed E-state index contributed by atoms with van der Waals surface area (Å²) >= 11 is 7.86. The molecule has 1 aromatic heterocycles. The van der Waals surface area contributed by atoms with Gasteiger partial charge in [0.15, 0.2) is 5.16 Å². The normalized spacial score (nSPS) is 20.8. The number of halogens is 1. The molecule has 0 saturated carbocycles. The number of rotatable bonds is 10. The molecule has 2 N–H and O–H groups in total. The van der Waals surface area contributed by atoms with E-state index in [0.717, 1.165) is 73.1 Å². The van der Waals surface area contributed by atoms with Crippen LogP contribution in [0, 0.1) is 5.92 Å². The van der Waals surface area contributed by atoms with Gasteiger partial charge in [-0.2, -0.15) is 0 Å². The van der Waals surface area contributed by atoms with Crippen molar-refractivity contribution >= 4 is 23.4 Å². The van der Waals surface area contributed by atoms with Gasteiger partial charge in [0.05, 0.1) is 13.2 Å². The zero-order chi connectivity index (χ0) is 25.6. The maximum atomic E-state index is 6.16. The molecule has 2 fully saturated rings. The molecule has 7 nitrogen and oxygen atoms in total. The molecule has 3 heterocycles. The molecule has 5 rings (SSSR count). The van der Waals surface area contributed by atoms with E-state index in [-0.39, 0.29) is 0 Å². The van der Waals surface area contributed by atoms with Gasteiger partial charge in [-0.15, -0.1) is 16.8 Å². The van der Waals surface area contributed by atoms with E-state index >= 15 is 0 Å². The monoisotopic (exact) mass is 538 g/mol. The summed E-state index contributed by atoms with van der Waals surface area (Å²) in [5.41, 5.74) is 9.34. The van der Waals surface area contributed by atoms with Crippen molar-refractivity contribution in [1.82, 2.24) is 30.5 Å². The van der Waals surface area contributed by atoms with E-state index in [9.17, 15) is 0 Å². The topological polar surface area (TPSA) is 67.2 Å². The number of hydrogen-bond acceptors (Lipinski definition) is 7. The second kappa shape index (κ2) is 12.5. The Hall–Kier alpha value is -2.36. The van der Waals surface area contributed by atoms with Gasteiger partial charge in [0.25, 0.3) is 0 Å². The molecule has 2 aliphatic heterocycles. The summed E-state index contributed by atoms with van der Waals surface area (Å²) in [4.78, 5) is 2.61. The lowest BCUT2D eigenvalue weighted by Gasteiger charge is -2.34. The smallest absolute Gasteiger partial charge is 0.191 e. The minimum Gasteiger partial charge on any atom is -0.497 e. The van der Waals surface area contributed by atoms with Gasteiger partial charge in [-0.25, -0.2) is 5.43 Å². The minimum atomic E-state index is 0.304. The number of hydrogen-bond donors (Lipinski definition) is 2. The van der Waals surface area contributed by atoms with Crippen molar-refractivity contribution in [2.45, 2.75) is 42.3 Å². The van der Waals surface area contributed by atoms with E-state index in [1.807, 2.05) is 36.4 Å². The molecule has 0 spiro atoms. The van der Waals surface area contributed by atoms with Crippen molar-refractivity contribution in [2.24, 2.45) is 5.92 Å². The molecule has 0 aliphatic carbocycles. The molecule has 2 saturated heterocycles. The molecule has 9 heteroatoms. The molecule has 2 atom stereocenters. The fraction of sp³-hybridized carbons (Fsp3) is 0.429. The second-order valence-electron chi connectivity index (χ2n) is 9.77. The van der Waals surface area contributed by atoms with E-state index in [1.165, 1.54) is 11.1 Å². The van der Waals surface area contributed by atoms with E-state index < -0.39 is 0 Å². The number of nitrogens with one attached hydrogen (secondary N) is 2. The minimum absolute atomic E-state index is 0.304. The van der Waals surface area contributed by atoms with E-state index in [1.54, 1.807) is 18.9 Å². The van der Waals surface area contributed by atoms with Crippen molar-refractivity contribution in [3.63, 3.8) is 0 Å². The third-order valence-corrected chi connectivity index (χ3v) is 8.60. The van der Waals surface area contributed by atoms with Crippen molar-refractivity contribution in [3.05, 3.63) is 83.2 Å². The van der Waals surface area contributed by atoms with Gasteiger partial charge in [0.1, 0.15) is 11.6 Å². The summed E-state index contributed by atoms with van der Waals surface area (Å²) in [7, 11) is 1.71. The molecular weight excluding hydrogens is 504 g/mol. The summed E-state index contributed by atoms with van der Waals surface area (Å²) in [6.45, 7) is 8.89. The molecule has 196 valence electrons. The van der Waals surface area contributed by atoms with E-state index in [0.29, 0.717) is 17.9 Å². The summed E-state index contributed by atoms with van der Waals surface area (Å²) in [6.07, 6.45) is 4.12. The number of aromatic nitrogens is 3. The second-order valence-corrected chi connectivity index (χ2v) is 11.1. The van der Waals surface area contributed by atoms with Crippen molar-refractivity contribution < 1.29 is 4.74 Å². The molecule has 3 aromatic rings. The maximum absolute atomic E-state index is 6.16. The highest BCUT2D eigenvalue weighted by atomic mass is 35.5. The first kappa shape index (κ1) is 26.3. The molecule has 0 amide bonds. The zero-order valence-corrected chi connectivity index (χ0v) is 22.8. The van der Waals surface area contributed by atoms with Crippen LogP contribution in [0.5, 0.6) is 5.75 Å². The van der Waals surface area contributed by atoms with Crippen molar-refractivity contribution in [2.75, 3.05) is 33.3 Å². The molecule has 2 aromatic carbocycles. The quantitative estimate of drug-likeness (QED) is 0.276. The van der Waals surface area contributed by atoms with E-state index in [2.05, 4.69) is 55.3 Å². The zero-order valence-electron chi connectivity index (χ0n) is 21.3. The van der Waals surface area contributed by atoms with Crippen LogP contribution in [0.1, 0.15) is 41.8 Å². The number of allylic oxidation sites excluding steroid dienone is 1. The predicted octanol–water partition coefficient (Wildman–Crippen LogP) is 5.06. The molecular formula is C28H35ClN6OS. The number of hydrazine groups is 1. The summed E-state index contributed by atoms with van der Waals surface area (Å²) in [5, 5.41) is 10.9. The molecule has 2 aliphatic rings. The van der Waals surface area contributed by atoms with Crippen LogP contribution < -0.4 is 15.6 Å². The number of likely N-dealkylation sites (tertiary alicyclic amines) is 1. The Labute approximate surface area is 228 Å². The van der Waals surface area contributed by atoms with Crippen LogP contribution in [0.15, 0.2) is 66.3 Å². The fourth-order valence-electron chi connectivity index (χ4n) is 5.36. The van der Waals surface area contributed by atoms with Gasteiger partial charge in [-0.05, 0) is 61.3 Å². The Morgan fingerprint density at radius 2 is 1.97 bits per heavy atom. The average molecular weight is 539 g/mol. The molecule has 0 radical (unpaired) electrons. The van der Waals surface area contributed by atoms with Crippen LogP contribution >= 0.6 is 23.4 Å². The van der Waals surface area contributed by atoms with Crippen LogP contribution in [-0.4, -0.2) is 53.0 Å². The number of ether oxygens (including phenoxy) is 1. The Kier molecular flexibility index (Phi) is 8.84. The molecule has 2 unspecified atom stereocenters. The Morgan fingerprint density at radius 3 is 2.70 bits per heavy atom. The van der Waals surface area contributed by atoms with Crippen molar-refractivity contribution in [3.8, 4) is 5.75 Å². The average Bonchev–Trinajstić information content (AvgIpc) is 3.55. The number of methoxy groups -OCH3 is 1. The number of benzene rings is 2. The SMILES string of the molecule is C=CCn1c(SCc2cccc(Cl)c2)nnc1C1CCN(CC2CNNC2c2ccc(OC)cc2)CC1. The van der Waals surface area contributed by atoms with Gasteiger partial charge in [-0.1, -0.05) is 53.7 Å². The van der Waals surface area contributed by atoms with Gasteiger partial charge < -0.3 is 14.2 Å². The first-order valence-electron chi connectivity index (χ1n) is 12.9. The number of nitrogens with zero attached hydrogens (tertiary/aromatic N) is 4. The standard InChI is InChI=1S/C28H35ClN6OS/c1-3-13-35-27(32-33-28(35)37-19-20-5-4-6-24(29)16-20)22-11-14-34(15-12-22)18-23-17-30-31-26(23)21-7-9-25(36-2)10-8-21/h3-10,16,22-23,26,30-31H,1,11-15,17-19H2,2H3. The predicted molar refractivity (Wildman–Crippen MR) is 150 cm³/mol. The van der Waals surface area contributed by atoms with Crippen molar-refractivity contribution in [1.29, 1.82) is 0 Å². The van der Waals surface area contributed by atoms with Gasteiger partial charge >= 0.3 is 0 Å². The van der Waals surface area contributed by atoms with Gasteiger partial charge in [0.2, 0.25) is 0 Å². The molecule has 37 heavy (non-hydrogen) atoms. The third kappa shape index (κ3) is 6.38. The number of piperidine rings is 1. The van der Waals surface area contributed by atoms with Crippen LogP contribution in [0.4, 0.5) is 0 Å². The van der Waals surface area contributed by atoms with E-state index in [4.69, 9.17) is 16.3 Å². The number of thioether (sulfide) groups is 1. The van der Waals surface area contributed by atoms with Crippen LogP contribution in [0.3, 0.4) is 0 Å². The highest BCUT2D eigenvalue weighted by Crippen LogP contribution is 2.33. The largest absolute Gasteiger partial charge is 0.497 e. The lowest BCUT2D eigenvalue weighted by Crippen LogP contribution is -2.38. The first-order valence-corrected chi connectivity index (χ1v) is 14.3. The first-order chi connectivity index (χ1) is 18.1. The lowest BCUT2D eigenvalue weighted by molar-refractivity contribution is 0.176. The Bertz CT molecular complexity index is 1180. The highest BCUT2D eigenvalue weighted by molar-refractivity contribution is 7.98. The summed E-state index contributed by atoms with van der Waals surface area (Å²) in [5.74, 6) is 3.73. The summed E-state index contributed by atoms with van der Waals surface area (Å²) < 4.78 is 7.57. The Balaban J connectivity index is 1.18. The van der Waals surface area contributed by atoms with Crippen LogP contribution in [-0.2, 0) is 12.3 Å². The third-order valence-electron chi connectivity index (χ3n) is 7.33. The highest BCUT2D eigenvalue weighted by Gasteiger charge is 2.32. The Morgan fingerprint density at radius 1 is 1.16 bits per heavy atom. The lowest BCUT2D eigenvalue weighted by atomic mass is 9.91. The summed E-state index contributed by atoms with van der Waals surface area (Å²) in [6, 6.07) is 16.7. The molecule has 0 bridgehead atoms. The van der Waals surface area contributed by atoms with Gasteiger partial charge in [-0.3, -0.25) is 5.43 Å².